The van der Waals surface area contributed by atoms with Gasteiger partial charge in [0.1, 0.15) is 11.5 Å². The first-order chi connectivity index (χ1) is 21.0. The molecule has 13 heteroatoms. The number of rotatable bonds is 9. The van der Waals surface area contributed by atoms with Crippen LogP contribution in [0, 0.1) is 0 Å². The van der Waals surface area contributed by atoms with Gasteiger partial charge in [0, 0.05) is 39.3 Å². The van der Waals surface area contributed by atoms with Gasteiger partial charge in [0.2, 0.25) is 5.91 Å². The summed E-state index contributed by atoms with van der Waals surface area (Å²) in [6, 6.07) is 18.9. The van der Waals surface area contributed by atoms with E-state index in [1.165, 1.54) is 72.9 Å². The van der Waals surface area contributed by atoms with Crippen LogP contribution in [-0.4, -0.2) is 30.0 Å². The first kappa shape index (κ1) is 32.5. The van der Waals surface area contributed by atoms with Gasteiger partial charge in [-0.25, -0.2) is 15.0 Å². The fourth-order valence-electron chi connectivity index (χ4n) is 3.58. The lowest BCUT2D eigenvalue weighted by atomic mass is 10.2. The molecule has 0 spiro atoms. The first-order valence-electron chi connectivity index (χ1n) is 12.8. The summed E-state index contributed by atoms with van der Waals surface area (Å²) in [7, 11) is 0. The summed E-state index contributed by atoms with van der Waals surface area (Å²) < 4.78 is 11.0. The van der Waals surface area contributed by atoms with Crippen LogP contribution in [0.3, 0.4) is 0 Å². The number of halogens is 4. The molecule has 0 saturated heterocycles. The molecule has 0 heterocycles. The van der Waals surface area contributed by atoms with Gasteiger partial charge in [-0.05, 0) is 72.8 Å². The zero-order valence-electron chi connectivity index (χ0n) is 22.7. The van der Waals surface area contributed by atoms with Crippen molar-refractivity contribution in [2.45, 2.75) is 13.3 Å². The van der Waals surface area contributed by atoms with Crippen molar-refractivity contribution in [2.24, 2.45) is 5.10 Å². The van der Waals surface area contributed by atoms with Crippen molar-refractivity contribution in [3.63, 3.8) is 0 Å². The summed E-state index contributed by atoms with van der Waals surface area (Å²) in [5.74, 6) is -2.35. The Bertz CT molecular complexity index is 1780. The van der Waals surface area contributed by atoms with Crippen molar-refractivity contribution in [1.29, 1.82) is 0 Å². The van der Waals surface area contributed by atoms with Crippen LogP contribution in [0.4, 0.5) is 5.69 Å². The summed E-state index contributed by atoms with van der Waals surface area (Å²) in [6.45, 7) is 1.73. The third-order valence-electron chi connectivity index (χ3n) is 5.82. The number of ether oxygens (including phenoxy) is 2. The van der Waals surface area contributed by atoms with E-state index in [1.54, 1.807) is 19.1 Å². The average molecular weight is 673 g/mol. The number of hydrogen-bond acceptors (Lipinski definition) is 7. The van der Waals surface area contributed by atoms with Crippen LogP contribution in [0.5, 0.6) is 11.5 Å². The number of nitrogens with zero attached hydrogens (tertiary/aromatic N) is 1. The van der Waals surface area contributed by atoms with Crippen LogP contribution in [0.15, 0.2) is 84.0 Å². The van der Waals surface area contributed by atoms with Crippen molar-refractivity contribution >= 4 is 82.1 Å². The molecule has 0 bridgehead atoms. The van der Waals surface area contributed by atoms with E-state index >= 15 is 0 Å². The largest absolute Gasteiger partial charge is 0.423 e. The molecule has 0 fully saturated rings. The van der Waals surface area contributed by atoms with Gasteiger partial charge in [0.05, 0.1) is 27.4 Å². The van der Waals surface area contributed by atoms with Gasteiger partial charge >= 0.3 is 11.9 Å². The zero-order valence-corrected chi connectivity index (χ0v) is 25.7. The highest BCUT2D eigenvalue weighted by Gasteiger charge is 2.18. The third kappa shape index (κ3) is 8.58. The predicted octanol–water partition coefficient (Wildman–Crippen LogP) is 7.85. The van der Waals surface area contributed by atoms with Gasteiger partial charge in [0.25, 0.3) is 5.91 Å². The second-order valence-corrected chi connectivity index (χ2v) is 10.6. The summed E-state index contributed by atoms with van der Waals surface area (Å²) in [4.78, 5) is 49.9. The Morgan fingerprint density at radius 2 is 1.34 bits per heavy atom. The van der Waals surface area contributed by atoms with Crippen LogP contribution in [0.2, 0.25) is 20.1 Å². The highest BCUT2D eigenvalue weighted by molar-refractivity contribution is 6.37. The number of carbonyl (C=O) groups excluding carboxylic acids is 4. The summed E-state index contributed by atoms with van der Waals surface area (Å²) in [5.41, 5.74) is 3.54. The predicted molar refractivity (Wildman–Crippen MR) is 170 cm³/mol. The SMILES string of the molecule is CCC(=O)Nc1ccc(C(=O)NN=Cc2ccc(OC(=O)c3ccc(Cl)cc3Cl)cc2OC(=O)c2ccc(Cl)cc2Cl)cc1. The molecule has 4 aromatic carbocycles. The van der Waals surface area contributed by atoms with Gasteiger partial charge in [-0.1, -0.05) is 53.3 Å². The molecule has 224 valence electrons. The number of carbonyl (C=O) groups is 4. The molecule has 0 aromatic heterocycles. The van der Waals surface area contributed by atoms with Gasteiger partial charge < -0.3 is 14.8 Å². The van der Waals surface area contributed by atoms with E-state index < -0.39 is 17.8 Å². The number of anilines is 1. The molecule has 2 N–H and O–H groups in total. The lowest BCUT2D eigenvalue weighted by Gasteiger charge is -2.12. The molecule has 0 aliphatic carbocycles. The number of hydrogen-bond donors (Lipinski definition) is 2. The highest BCUT2D eigenvalue weighted by atomic mass is 35.5. The molecule has 4 rings (SSSR count). The molecular formula is C31H21Cl4N3O6. The Labute approximate surface area is 271 Å². The van der Waals surface area contributed by atoms with E-state index in [2.05, 4.69) is 15.8 Å². The van der Waals surface area contributed by atoms with Crippen LogP contribution in [-0.2, 0) is 4.79 Å². The van der Waals surface area contributed by atoms with E-state index in [4.69, 9.17) is 55.9 Å². The Kier molecular flexibility index (Phi) is 11.0. The summed E-state index contributed by atoms with van der Waals surface area (Å²) in [5, 5.41) is 7.47. The molecule has 0 aliphatic heterocycles. The Morgan fingerprint density at radius 1 is 0.750 bits per heavy atom. The number of benzene rings is 4. The molecular weight excluding hydrogens is 652 g/mol. The minimum atomic E-state index is -0.829. The summed E-state index contributed by atoms with van der Waals surface area (Å²) in [6.07, 6.45) is 1.56. The summed E-state index contributed by atoms with van der Waals surface area (Å²) >= 11 is 24.1. The van der Waals surface area contributed by atoms with Crippen molar-refractivity contribution in [3.8, 4) is 11.5 Å². The second-order valence-electron chi connectivity index (χ2n) is 8.91. The Balaban J connectivity index is 1.55. The lowest BCUT2D eigenvalue weighted by molar-refractivity contribution is -0.115. The first-order valence-corrected chi connectivity index (χ1v) is 14.3. The normalized spacial score (nSPS) is 10.8. The van der Waals surface area contributed by atoms with Crippen molar-refractivity contribution < 1.29 is 28.7 Å². The van der Waals surface area contributed by atoms with Crippen LogP contribution in [0.1, 0.15) is 50.0 Å². The zero-order chi connectivity index (χ0) is 31.8. The van der Waals surface area contributed by atoms with Crippen LogP contribution < -0.4 is 20.2 Å². The number of nitrogens with one attached hydrogen (secondary N) is 2. The van der Waals surface area contributed by atoms with E-state index in [1.807, 2.05) is 0 Å². The van der Waals surface area contributed by atoms with E-state index in [9.17, 15) is 19.2 Å². The number of esters is 2. The number of amides is 2. The van der Waals surface area contributed by atoms with Crippen LogP contribution in [0.25, 0.3) is 0 Å². The second kappa shape index (κ2) is 14.9. The van der Waals surface area contributed by atoms with Crippen molar-refractivity contribution in [2.75, 3.05) is 5.32 Å². The molecule has 0 aliphatic rings. The van der Waals surface area contributed by atoms with E-state index in [0.29, 0.717) is 22.2 Å². The van der Waals surface area contributed by atoms with Gasteiger partial charge in [-0.3, -0.25) is 9.59 Å². The van der Waals surface area contributed by atoms with E-state index in [0.717, 1.165) is 0 Å². The standard InChI is InChI=1S/C31H21Cl4N3O6/c1-2-28(39)37-21-8-3-17(4-9-21)29(40)38-36-16-18-5-10-22(43-30(41)23-11-6-19(32)13-25(23)34)15-27(18)44-31(42)24-12-7-20(33)14-26(24)35/h3-16H,2H2,1H3,(H,37,39)(H,38,40). The average Bonchev–Trinajstić information content (AvgIpc) is 2.98. The fraction of sp³-hybridized carbons (Fsp3) is 0.0645. The molecule has 2 amide bonds. The molecule has 0 atom stereocenters. The Morgan fingerprint density at radius 3 is 1.91 bits per heavy atom. The third-order valence-corrected chi connectivity index (χ3v) is 6.92. The van der Waals surface area contributed by atoms with Crippen LogP contribution >= 0.6 is 46.4 Å². The highest BCUT2D eigenvalue weighted by Crippen LogP contribution is 2.29. The topological polar surface area (TPSA) is 123 Å². The van der Waals surface area contributed by atoms with Gasteiger partial charge in [-0.2, -0.15) is 5.10 Å². The van der Waals surface area contributed by atoms with Gasteiger partial charge in [0.15, 0.2) is 0 Å². The maximum absolute atomic E-state index is 13.0. The Hall–Kier alpha value is -4.41. The smallest absolute Gasteiger partial charge is 0.345 e. The minimum Gasteiger partial charge on any atom is -0.423 e. The minimum absolute atomic E-state index is 0.0162. The molecule has 0 saturated carbocycles. The van der Waals surface area contributed by atoms with E-state index in [-0.39, 0.29) is 49.7 Å². The fourth-order valence-corrected chi connectivity index (χ4v) is 4.55. The number of hydrazone groups is 1. The maximum atomic E-state index is 13.0. The lowest BCUT2D eigenvalue weighted by Crippen LogP contribution is -2.18. The van der Waals surface area contributed by atoms with Crippen molar-refractivity contribution in [3.05, 3.63) is 121 Å². The maximum Gasteiger partial charge on any atom is 0.345 e. The molecule has 44 heavy (non-hydrogen) atoms. The van der Waals surface area contributed by atoms with Gasteiger partial charge in [-0.15, -0.1) is 0 Å². The molecule has 4 aromatic rings. The molecule has 0 unspecified atom stereocenters. The molecule has 9 nitrogen and oxygen atoms in total. The van der Waals surface area contributed by atoms with Crippen molar-refractivity contribution in [1.82, 2.24) is 5.43 Å². The monoisotopic (exact) mass is 671 g/mol. The quantitative estimate of drug-likeness (QED) is 0.0808. The molecule has 0 radical (unpaired) electrons.